The van der Waals surface area contributed by atoms with Crippen LogP contribution in [0, 0.1) is 17.2 Å². The van der Waals surface area contributed by atoms with E-state index in [-0.39, 0.29) is 17.4 Å². The number of rotatable bonds is 4. The van der Waals surface area contributed by atoms with E-state index in [2.05, 4.69) is 24.9 Å². The van der Waals surface area contributed by atoms with Gasteiger partial charge in [0.05, 0.1) is 47.8 Å². The molecule has 6 heterocycles. The lowest BCUT2D eigenvalue weighted by molar-refractivity contribution is -0.120. The topological polar surface area (TPSA) is 150 Å². The number of nitriles is 1. The number of hydrogen-bond acceptors (Lipinski definition) is 12. The van der Waals surface area contributed by atoms with Crippen LogP contribution in [0.3, 0.4) is 0 Å². The second-order valence-electron chi connectivity index (χ2n) is 12.6. The largest absolute Gasteiger partial charge is 0.476 e. The number of aryl methyl sites for hydroxylation is 1. The number of hydrogen-bond donors (Lipinski definition) is 2. The molecule has 3 fully saturated rings. The van der Waals surface area contributed by atoms with Crippen LogP contribution in [0.25, 0.3) is 5.70 Å². The minimum absolute atomic E-state index is 0.0181. The summed E-state index contributed by atoms with van der Waals surface area (Å²) in [6.07, 6.45) is 5.07. The molecule has 0 amide bonds. The van der Waals surface area contributed by atoms with Crippen LogP contribution in [0.15, 0.2) is 5.57 Å². The lowest BCUT2D eigenvalue weighted by Crippen LogP contribution is -2.46. The fourth-order valence-corrected chi connectivity index (χ4v) is 10.5. The van der Waals surface area contributed by atoms with Crippen molar-refractivity contribution in [3.05, 3.63) is 38.7 Å². The first-order valence-electron chi connectivity index (χ1n) is 15.2. The van der Waals surface area contributed by atoms with Crippen LogP contribution in [0.4, 0.5) is 5.00 Å². The summed E-state index contributed by atoms with van der Waals surface area (Å²) in [5.41, 5.74) is 16.6. The molecule has 4 N–H and O–H groups in total. The monoisotopic (exact) mass is 622 g/mol. The molecule has 0 aromatic carbocycles. The molecule has 7 rings (SSSR count). The Morgan fingerprint density at radius 3 is 2.84 bits per heavy atom. The van der Waals surface area contributed by atoms with Gasteiger partial charge in [0.2, 0.25) is 5.88 Å². The summed E-state index contributed by atoms with van der Waals surface area (Å²) in [6.45, 7) is 5.67. The number of fused-ring (bicyclic) bond motifs is 4. The van der Waals surface area contributed by atoms with Crippen LogP contribution >= 0.6 is 23.1 Å². The minimum atomic E-state index is -0.903. The highest BCUT2D eigenvalue weighted by molar-refractivity contribution is 8.01. The number of anilines is 1. The number of Topliss-reactive ketones (excluding diaryl/α,β-unsaturated/α-hetero) is 1. The van der Waals surface area contributed by atoms with Crippen molar-refractivity contribution in [3.63, 3.8) is 0 Å². The van der Waals surface area contributed by atoms with Gasteiger partial charge in [0.15, 0.2) is 11.6 Å². The summed E-state index contributed by atoms with van der Waals surface area (Å²) < 4.78 is 17.4. The molecule has 12 heteroatoms. The summed E-state index contributed by atoms with van der Waals surface area (Å²) >= 11 is 3.06. The fraction of sp³-hybridized carbons (Fsp3) is 0.613. The molecular weight excluding hydrogens is 585 g/mol. The third-order valence-electron chi connectivity index (χ3n) is 10.1. The van der Waals surface area contributed by atoms with Crippen molar-refractivity contribution in [1.29, 1.82) is 5.26 Å². The number of ether oxygens (including phenoxy) is 3. The third kappa shape index (κ3) is 4.50. The number of carbonyl (C=O) groups is 1. The number of carbonyl (C=O) groups excluding carboxylic acids is 1. The third-order valence-corrected chi connectivity index (χ3v) is 12.9. The predicted octanol–water partition coefficient (Wildman–Crippen LogP) is 3.51. The molecule has 1 saturated carbocycles. The van der Waals surface area contributed by atoms with E-state index in [0.717, 1.165) is 66.1 Å². The number of likely N-dealkylation sites (tertiary alicyclic amines) is 1. The summed E-state index contributed by atoms with van der Waals surface area (Å²) in [7, 11) is 2.12. The average molecular weight is 623 g/mol. The smallest absolute Gasteiger partial charge is 0.222 e. The Kier molecular flexibility index (Phi) is 7.45. The van der Waals surface area contributed by atoms with Crippen molar-refractivity contribution in [1.82, 2.24) is 14.9 Å². The molecular formula is C31H38N6O4S2. The van der Waals surface area contributed by atoms with E-state index < -0.39 is 10.2 Å². The van der Waals surface area contributed by atoms with Crippen LogP contribution in [0.2, 0.25) is 0 Å². The highest BCUT2D eigenvalue weighted by Crippen LogP contribution is 2.58. The SMILES string of the molecule is C[C@H]1CC/C(=C(/N)c2nc(OC[C@@H]3CCCN3C)c3c(n2)[C@@]2(CCOC2)COC3)C(=O)[C@]12SCCc1sc(N)c(C#N)c12. The Hall–Kier alpha value is -2.69. The van der Waals surface area contributed by atoms with Gasteiger partial charge in [0.25, 0.3) is 0 Å². The van der Waals surface area contributed by atoms with Crippen LogP contribution in [0.1, 0.15) is 72.1 Å². The Balaban J connectivity index is 1.34. The maximum atomic E-state index is 14.7. The van der Waals surface area contributed by atoms with Crippen LogP contribution in [-0.4, -0.2) is 72.5 Å². The van der Waals surface area contributed by atoms with Crippen molar-refractivity contribution in [3.8, 4) is 11.9 Å². The van der Waals surface area contributed by atoms with E-state index >= 15 is 0 Å². The van der Waals surface area contributed by atoms with E-state index in [0.29, 0.717) is 73.3 Å². The molecule has 228 valence electrons. The fourth-order valence-electron chi connectivity index (χ4n) is 7.60. The average Bonchev–Trinajstić information content (AvgIpc) is 3.73. The normalized spacial score (nSPS) is 31.7. The molecule has 4 aliphatic heterocycles. The standard InChI is InChI=1S/C31H38N6O4S2/c1-17-5-6-19(26(38)31(17)23-20(12-32)27(34)43-22(23)7-11-42-31)24(33)28-35-25-21(14-40-16-30(25)8-10-39-15-30)29(36-28)41-13-18-4-3-9-37(18)2/h17-18H,3-11,13-16,33-34H2,1-2H3/b24-19-/t17-,18-,30+,31-/m0/s1. The molecule has 0 unspecified atom stereocenters. The zero-order valence-electron chi connectivity index (χ0n) is 24.7. The molecule has 0 bridgehead atoms. The number of ketones is 1. The molecule has 5 aliphatic rings. The first-order chi connectivity index (χ1) is 20.8. The van der Waals surface area contributed by atoms with Crippen molar-refractivity contribution < 1.29 is 19.0 Å². The maximum absolute atomic E-state index is 14.7. The van der Waals surface area contributed by atoms with E-state index in [9.17, 15) is 10.1 Å². The maximum Gasteiger partial charge on any atom is 0.222 e. The van der Waals surface area contributed by atoms with Crippen molar-refractivity contribution >= 4 is 39.6 Å². The lowest BCUT2D eigenvalue weighted by atomic mass is 9.70. The Bertz CT molecular complexity index is 1540. The second kappa shape index (κ2) is 11.0. The number of nitrogens with zero attached hydrogens (tertiary/aromatic N) is 4. The second-order valence-corrected chi connectivity index (χ2v) is 15.1. The van der Waals surface area contributed by atoms with Crippen LogP contribution < -0.4 is 16.2 Å². The Morgan fingerprint density at radius 1 is 1.26 bits per heavy atom. The van der Waals surface area contributed by atoms with Crippen molar-refractivity contribution in [2.45, 2.75) is 68.3 Å². The first-order valence-corrected chi connectivity index (χ1v) is 17.0. The molecule has 10 nitrogen and oxygen atoms in total. The van der Waals surface area contributed by atoms with Gasteiger partial charge in [-0.3, -0.25) is 4.79 Å². The quantitative estimate of drug-likeness (QED) is 0.483. The van der Waals surface area contributed by atoms with Gasteiger partial charge in [0, 0.05) is 28.7 Å². The van der Waals surface area contributed by atoms with Gasteiger partial charge >= 0.3 is 0 Å². The van der Waals surface area contributed by atoms with Gasteiger partial charge in [-0.25, -0.2) is 4.98 Å². The zero-order chi connectivity index (χ0) is 29.9. The summed E-state index contributed by atoms with van der Waals surface area (Å²) in [4.78, 5) is 28.0. The van der Waals surface area contributed by atoms with E-state index in [4.69, 9.17) is 35.6 Å². The molecule has 0 radical (unpaired) electrons. The molecule has 2 aromatic heterocycles. The lowest BCUT2D eigenvalue weighted by Gasteiger charge is -2.44. The molecule has 4 atom stereocenters. The summed E-state index contributed by atoms with van der Waals surface area (Å²) in [5.74, 6) is 1.55. The number of thiophene rings is 1. The van der Waals surface area contributed by atoms with Crippen LogP contribution in [-0.2, 0) is 37.5 Å². The van der Waals surface area contributed by atoms with Crippen molar-refractivity contribution in [2.24, 2.45) is 11.7 Å². The number of likely N-dealkylation sites (N-methyl/N-ethyl adjacent to an activating group) is 1. The number of nitrogens with two attached hydrogens (primary N) is 2. The van der Waals surface area contributed by atoms with Gasteiger partial charge in [-0.05, 0) is 63.8 Å². The number of allylic oxidation sites excluding steroid dienone is 1. The summed E-state index contributed by atoms with van der Waals surface area (Å²) in [6, 6.07) is 2.62. The minimum Gasteiger partial charge on any atom is -0.476 e. The summed E-state index contributed by atoms with van der Waals surface area (Å²) in [5, 5.41) is 10.5. The molecule has 43 heavy (non-hydrogen) atoms. The van der Waals surface area contributed by atoms with Gasteiger partial charge in [-0.15, -0.1) is 23.1 Å². The van der Waals surface area contributed by atoms with Gasteiger partial charge < -0.3 is 30.6 Å². The van der Waals surface area contributed by atoms with Gasteiger partial charge in [-0.2, -0.15) is 10.2 Å². The van der Waals surface area contributed by atoms with E-state index in [1.54, 1.807) is 11.8 Å². The molecule has 2 saturated heterocycles. The zero-order valence-corrected chi connectivity index (χ0v) is 26.4. The van der Waals surface area contributed by atoms with Gasteiger partial charge in [-0.1, -0.05) is 6.92 Å². The first kappa shape index (κ1) is 29.0. The highest BCUT2D eigenvalue weighted by Gasteiger charge is 2.54. The van der Waals surface area contributed by atoms with Crippen LogP contribution in [0.5, 0.6) is 5.88 Å². The number of nitrogen functional groups attached to an aromatic ring is 1. The van der Waals surface area contributed by atoms with E-state index in [1.807, 2.05) is 0 Å². The Morgan fingerprint density at radius 2 is 2.09 bits per heavy atom. The number of thioether (sulfide) groups is 1. The molecule has 2 aromatic rings. The Labute approximate surface area is 260 Å². The predicted molar refractivity (Wildman–Crippen MR) is 166 cm³/mol. The van der Waals surface area contributed by atoms with Crippen molar-refractivity contribution in [2.75, 3.05) is 51.5 Å². The number of aromatic nitrogens is 2. The molecule has 1 aliphatic carbocycles. The van der Waals surface area contributed by atoms with Gasteiger partial charge in [0.1, 0.15) is 22.4 Å². The highest BCUT2D eigenvalue weighted by atomic mass is 32.2. The van der Waals surface area contributed by atoms with E-state index in [1.165, 1.54) is 11.3 Å². The molecule has 2 spiro atoms.